The number of aliphatic hydroxyl groups is 2. The third kappa shape index (κ3) is 11.3. The van der Waals surface area contributed by atoms with Crippen molar-refractivity contribution in [1.82, 2.24) is 0 Å². The van der Waals surface area contributed by atoms with E-state index in [4.69, 9.17) is 5.11 Å². The van der Waals surface area contributed by atoms with Crippen LogP contribution in [0.15, 0.2) is 12.2 Å². The van der Waals surface area contributed by atoms with E-state index in [9.17, 15) is 5.11 Å². The molecule has 0 aromatic carbocycles. The molecule has 0 radical (unpaired) electrons. The summed E-state index contributed by atoms with van der Waals surface area (Å²) in [5.41, 5.74) is 0. The highest BCUT2D eigenvalue weighted by Gasteiger charge is 1.94. The van der Waals surface area contributed by atoms with Gasteiger partial charge in [-0.05, 0) is 19.8 Å². The van der Waals surface area contributed by atoms with Gasteiger partial charge in [0.25, 0.3) is 0 Å². The average molecular weight is 224 g/mol. The summed E-state index contributed by atoms with van der Waals surface area (Å²) in [7, 11) is 0. The lowest BCUT2D eigenvalue weighted by Crippen LogP contribution is -2.01. The minimum absolute atomic E-state index is 0.312. The molecule has 0 rings (SSSR count). The van der Waals surface area contributed by atoms with Crippen LogP contribution >= 0.6 is 0 Å². The summed E-state index contributed by atoms with van der Waals surface area (Å²) in [6.07, 6.45) is 8.47. The van der Waals surface area contributed by atoms with Gasteiger partial charge in [-0.25, -0.2) is 0 Å². The minimum Gasteiger partial charge on any atom is -0.393 e. The molecule has 2 N–H and O–H groups in total. The van der Waals surface area contributed by atoms with E-state index in [0.717, 1.165) is 12.8 Å². The number of hydrogen-bond acceptors (Lipinski definition) is 2. The molecule has 0 aromatic heterocycles. The van der Waals surface area contributed by atoms with Crippen LogP contribution in [0.25, 0.3) is 0 Å². The second kappa shape index (κ2) is 10.7. The van der Waals surface area contributed by atoms with Crippen molar-refractivity contribution in [3.05, 3.63) is 12.2 Å². The summed E-state index contributed by atoms with van der Waals surface area (Å²) in [6, 6.07) is 0. The highest BCUT2D eigenvalue weighted by Crippen LogP contribution is 1.99. The Hall–Kier alpha value is -0.780. The standard InChI is InChI=1S/C14H24O2/c1-3-4-5-6-7-11-14(16)12-9-8-10-13(2)15/h8-9,13-16H,3-6,10,12H2,1-2H3/b9-8-. The maximum Gasteiger partial charge on any atom is 0.118 e. The quantitative estimate of drug-likeness (QED) is 0.396. The van der Waals surface area contributed by atoms with Gasteiger partial charge in [-0.2, -0.15) is 0 Å². The molecule has 0 amide bonds. The molecule has 0 saturated heterocycles. The third-order valence-electron chi connectivity index (χ3n) is 2.18. The van der Waals surface area contributed by atoms with Crippen LogP contribution in [0.1, 0.15) is 52.4 Å². The molecule has 0 bridgehead atoms. The maximum absolute atomic E-state index is 9.48. The number of hydrogen-bond donors (Lipinski definition) is 2. The van der Waals surface area contributed by atoms with Crippen LogP contribution in [0.3, 0.4) is 0 Å². The lowest BCUT2D eigenvalue weighted by molar-refractivity contribution is 0.198. The summed E-state index contributed by atoms with van der Waals surface area (Å²) in [5.74, 6) is 5.81. The molecule has 0 aromatic rings. The van der Waals surface area contributed by atoms with Crippen molar-refractivity contribution in [2.24, 2.45) is 0 Å². The fourth-order valence-electron chi connectivity index (χ4n) is 1.23. The summed E-state index contributed by atoms with van der Waals surface area (Å²) < 4.78 is 0. The molecule has 2 heteroatoms. The van der Waals surface area contributed by atoms with E-state index < -0.39 is 6.10 Å². The third-order valence-corrected chi connectivity index (χ3v) is 2.18. The van der Waals surface area contributed by atoms with E-state index in [2.05, 4.69) is 18.8 Å². The zero-order valence-electron chi connectivity index (χ0n) is 10.4. The summed E-state index contributed by atoms with van der Waals surface area (Å²) in [4.78, 5) is 0. The first-order chi connectivity index (χ1) is 7.66. The van der Waals surface area contributed by atoms with E-state index in [-0.39, 0.29) is 6.10 Å². The molecular weight excluding hydrogens is 200 g/mol. The van der Waals surface area contributed by atoms with Crippen LogP contribution in [-0.2, 0) is 0 Å². The highest BCUT2D eigenvalue weighted by atomic mass is 16.3. The number of aliphatic hydroxyl groups excluding tert-OH is 2. The smallest absolute Gasteiger partial charge is 0.118 e. The van der Waals surface area contributed by atoms with Crippen molar-refractivity contribution >= 4 is 0 Å². The van der Waals surface area contributed by atoms with Gasteiger partial charge in [-0.3, -0.25) is 0 Å². The molecule has 0 spiro atoms. The molecule has 0 aliphatic carbocycles. The molecular formula is C14H24O2. The SMILES string of the molecule is CCCCCC#CC(O)C/C=C\CC(C)O. The minimum atomic E-state index is -0.563. The Bertz CT molecular complexity index is 233. The van der Waals surface area contributed by atoms with Crippen molar-refractivity contribution < 1.29 is 10.2 Å². The molecule has 0 aliphatic heterocycles. The van der Waals surface area contributed by atoms with Crippen molar-refractivity contribution in [3.8, 4) is 11.8 Å². The second-order valence-electron chi connectivity index (χ2n) is 4.09. The first-order valence-electron chi connectivity index (χ1n) is 6.16. The van der Waals surface area contributed by atoms with Crippen LogP contribution in [0, 0.1) is 11.8 Å². The van der Waals surface area contributed by atoms with Gasteiger partial charge in [-0.1, -0.05) is 37.8 Å². The molecule has 2 unspecified atom stereocenters. The monoisotopic (exact) mass is 224 g/mol. The number of unbranched alkanes of at least 4 members (excludes halogenated alkanes) is 3. The largest absolute Gasteiger partial charge is 0.393 e. The van der Waals surface area contributed by atoms with E-state index >= 15 is 0 Å². The molecule has 0 heterocycles. The summed E-state index contributed by atoms with van der Waals surface area (Å²) in [6.45, 7) is 3.91. The zero-order chi connectivity index (χ0) is 12.2. The average Bonchev–Trinajstić information content (AvgIpc) is 2.24. The van der Waals surface area contributed by atoms with Crippen molar-refractivity contribution in [3.63, 3.8) is 0 Å². The molecule has 2 nitrogen and oxygen atoms in total. The van der Waals surface area contributed by atoms with Crippen molar-refractivity contribution in [2.75, 3.05) is 0 Å². The van der Waals surface area contributed by atoms with Gasteiger partial charge in [0.15, 0.2) is 0 Å². The van der Waals surface area contributed by atoms with Gasteiger partial charge in [0.05, 0.1) is 6.10 Å². The van der Waals surface area contributed by atoms with Crippen LogP contribution in [0.5, 0.6) is 0 Å². The van der Waals surface area contributed by atoms with Crippen LogP contribution in [0.2, 0.25) is 0 Å². The molecule has 92 valence electrons. The molecule has 16 heavy (non-hydrogen) atoms. The Kier molecular flexibility index (Phi) is 10.2. The zero-order valence-corrected chi connectivity index (χ0v) is 10.4. The second-order valence-corrected chi connectivity index (χ2v) is 4.09. The first kappa shape index (κ1) is 15.2. The van der Waals surface area contributed by atoms with Gasteiger partial charge in [0, 0.05) is 12.8 Å². The Morgan fingerprint density at radius 1 is 1.12 bits per heavy atom. The number of rotatable bonds is 7. The van der Waals surface area contributed by atoms with Crippen LogP contribution < -0.4 is 0 Å². The molecule has 0 aliphatic rings. The fraction of sp³-hybridized carbons (Fsp3) is 0.714. The summed E-state index contributed by atoms with van der Waals surface area (Å²) in [5, 5.41) is 18.5. The van der Waals surface area contributed by atoms with E-state index in [1.165, 1.54) is 12.8 Å². The van der Waals surface area contributed by atoms with Gasteiger partial charge >= 0.3 is 0 Å². The van der Waals surface area contributed by atoms with Gasteiger partial charge in [0.1, 0.15) is 6.10 Å². The van der Waals surface area contributed by atoms with Gasteiger partial charge in [0.2, 0.25) is 0 Å². The molecule has 0 saturated carbocycles. The Morgan fingerprint density at radius 3 is 2.44 bits per heavy atom. The van der Waals surface area contributed by atoms with Crippen molar-refractivity contribution in [1.29, 1.82) is 0 Å². The lowest BCUT2D eigenvalue weighted by atomic mass is 10.2. The van der Waals surface area contributed by atoms with E-state index in [1.807, 2.05) is 12.2 Å². The van der Waals surface area contributed by atoms with Gasteiger partial charge in [-0.15, -0.1) is 5.92 Å². The maximum atomic E-state index is 9.48. The lowest BCUT2D eigenvalue weighted by Gasteiger charge is -1.99. The Morgan fingerprint density at radius 2 is 1.81 bits per heavy atom. The normalized spacial score (nSPS) is 14.5. The molecule has 2 atom stereocenters. The van der Waals surface area contributed by atoms with Crippen molar-refractivity contribution in [2.45, 2.75) is 64.6 Å². The Balaban J connectivity index is 3.56. The van der Waals surface area contributed by atoms with E-state index in [1.54, 1.807) is 6.92 Å². The van der Waals surface area contributed by atoms with Crippen LogP contribution in [0.4, 0.5) is 0 Å². The van der Waals surface area contributed by atoms with Crippen LogP contribution in [-0.4, -0.2) is 22.4 Å². The Labute approximate surface area is 99.4 Å². The van der Waals surface area contributed by atoms with Gasteiger partial charge < -0.3 is 10.2 Å². The topological polar surface area (TPSA) is 40.5 Å². The summed E-state index contributed by atoms with van der Waals surface area (Å²) >= 11 is 0. The van der Waals surface area contributed by atoms with E-state index in [0.29, 0.717) is 12.8 Å². The fourth-order valence-corrected chi connectivity index (χ4v) is 1.23. The highest BCUT2D eigenvalue weighted by molar-refractivity contribution is 5.06. The predicted molar refractivity (Wildman–Crippen MR) is 68.0 cm³/mol. The molecule has 0 fully saturated rings. The predicted octanol–water partition coefficient (Wildman–Crippen LogP) is 2.65. The first-order valence-corrected chi connectivity index (χ1v) is 6.16.